The summed E-state index contributed by atoms with van der Waals surface area (Å²) in [6, 6.07) is 3.82. The van der Waals surface area contributed by atoms with E-state index in [0.29, 0.717) is 12.5 Å². The van der Waals surface area contributed by atoms with Gasteiger partial charge in [0.25, 0.3) is 0 Å². The number of piperidine rings is 1. The van der Waals surface area contributed by atoms with Crippen LogP contribution in [0.5, 0.6) is 0 Å². The average molecular weight is 247 g/mol. The van der Waals surface area contributed by atoms with E-state index in [4.69, 9.17) is 0 Å². The Hall–Kier alpha value is -1.42. The number of carbonyl (C=O) groups is 1. The Morgan fingerprint density at radius 1 is 1.61 bits per heavy atom. The molecule has 0 radical (unpaired) electrons. The number of aromatic nitrogens is 1. The third kappa shape index (κ3) is 3.53. The molecule has 1 aliphatic rings. The van der Waals surface area contributed by atoms with Gasteiger partial charge in [-0.15, -0.1) is 0 Å². The quantitative estimate of drug-likeness (QED) is 0.847. The molecule has 4 nitrogen and oxygen atoms in total. The molecular weight excluding hydrogens is 226 g/mol. The normalized spacial score (nSPS) is 23.6. The zero-order chi connectivity index (χ0) is 12.8. The summed E-state index contributed by atoms with van der Waals surface area (Å²) in [5, 5.41) is 6.26. The van der Waals surface area contributed by atoms with Gasteiger partial charge in [-0.05, 0) is 36.9 Å². The maximum absolute atomic E-state index is 12.0. The van der Waals surface area contributed by atoms with Gasteiger partial charge in [-0.2, -0.15) is 0 Å². The molecule has 0 aromatic carbocycles. The summed E-state index contributed by atoms with van der Waals surface area (Å²) in [6.45, 7) is 3.70. The largest absolute Gasteiger partial charge is 0.351 e. The second kappa shape index (κ2) is 6.50. The van der Waals surface area contributed by atoms with Crippen molar-refractivity contribution >= 4 is 5.91 Å². The van der Waals surface area contributed by atoms with Crippen LogP contribution in [0.25, 0.3) is 0 Å². The standard InChI is InChI=1S/C14H21N3O/c1-2-11-5-7-16-13(8-11)14(18)17-10-12-4-3-6-15-9-12/h3-4,6,9,11,13,16H,2,5,7-8,10H2,1H3,(H,17,18). The smallest absolute Gasteiger partial charge is 0.237 e. The Kier molecular flexibility index (Phi) is 4.70. The highest BCUT2D eigenvalue weighted by Gasteiger charge is 2.25. The molecule has 1 fully saturated rings. The van der Waals surface area contributed by atoms with Crippen molar-refractivity contribution in [3.05, 3.63) is 30.1 Å². The van der Waals surface area contributed by atoms with Gasteiger partial charge in [0.1, 0.15) is 0 Å². The summed E-state index contributed by atoms with van der Waals surface area (Å²) in [5.41, 5.74) is 1.04. The van der Waals surface area contributed by atoms with E-state index in [1.54, 1.807) is 12.4 Å². The number of pyridine rings is 1. The second-order valence-electron chi connectivity index (χ2n) is 4.88. The molecule has 1 amide bonds. The van der Waals surface area contributed by atoms with E-state index in [-0.39, 0.29) is 11.9 Å². The molecule has 0 bridgehead atoms. The van der Waals surface area contributed by atoms with Crippen LogP contribution in [0.1, 0.15) is 31.7 Å². The van der Waals surface area contributed by atoms with Gasteiger partial charge in [-0.3, -0.25) is 9.78 Å². The molecule has 4 heteroatoms. The molecule has 2 rings (SSSR count). The maximum Gasteiger partial charge on any atom is 0.237 e. The van der Waals surface area contributed by atoms with Crippen molar-refractivity contribution in [1.29, 1.82) is 0 Å². The Morgan fingerprint density at radius 2 is 2.50 bits per heavy atom. The first-order chi connectivity index (χ1) is 8.79. The minimum absolute atomic E-state index is 0.0274. The predicted molar refractivity (Wildman–Crippen MR) is 70.9 cm³/mol. The highest BCUT2D eigenvalue weighted by atomic mass is 16.2. The van der Waals surface area contributed by atoms with Gasteiger partial charge in [-0.25, -0.2) is 0 Å². The summed E-state index contributed by atoms with van der Waals surface area (Å²) in [6.07, 6.45) is 6.82. The van der Waals surface area contributed by atoms with Crippen molar-refractivity contribution < 1.29 is 4.79 Å². The van der Waals surface area contributed by atoms with Crippen LogP contribution in [0.4, 0.5) is 0 Å². The summed E-state index contributed by atoms with van der Waals surface area (Å²) in [4.78, 5) is 16.1. The van der Waals surface area contributed by atoms with E-state index >= 15 is 0 Å². The molecule has 0 spiro atoms. The van der Waals surface area contributed by atoms with Crippen LogP contribution in [-0.4, -0.2) is 23.5 Å². The highest BCUT2D eigenvalue weighted by Crippen LogP contribution is 2.19. The lowest BCUT2D eigenvalue weighted by atomic mass is 9.90. The van der Waals surface area contributed by atoms with Crippen LogP contribution in [0, 0.1) is 5.92 Å². The zero-order valence-corrected chi connectivity index (χ0v) is 10.9. The molecule has 0 aliphatic carbocycles. The van der Waals surface area contributed by atoms with Gasteiger partial charge in [0.15, 0.2) is 0 Å². The first-order valence-electron chi connectivity index (χ1n) is 6.69. The third-order valence-corrected chi connectivity index (χ3v) is 3.60. The zero-order valence-electron chi connectivity index (χ0n) is 10.9. The monoisotopic (exact) mass is 247 g/mol. The topological polar surface area (TPSA) is 54.0 Å². The SMILES string of the molecule is CCC1CCNC(C(=O)NCc2cccnc2)C1. The molecular formula is C14H21N3O. The number of nitrogens with zero attached hydrogens (tertiary/aromatic N) is 1. The van der Waals surface area contributed by atoms with E-state index in [9.17, 15) is 4.79 Å². The van der Waals surface area contributed by atoms with Crippen LogP contribution in [0.15, 0.2) is 24.5 Å². The van der Waals surface area contributed by atoms with Gasteiger partial charge >= 0.3 is 0 Å². The number of amides is 1. The molecule has 1 saturated heterocycles. The highest BCUT2D eigenvalue weighted by molar-refractivity contribution is 5.81. The molecule has 18 heavy (non-hydrogen) atoms. The van der Waals surface area contributed by atoms with Crippen molar-refractivity contribution in [3.8, 4) is 0 Å². The number of carbonyl (C=O) groups excluding carboxylic acids is 1. The van der Waals surface area contributed by atoms with E-state index in [1.165, 1.54) is 6.42 Å². The molecule has 2 N–H and O–H groups in total. The fourth-order valence-corrected chi connectivity index (χ4v) is 2.38. The molecule has 2 atom stereocenters. The van der Waals surface area contributed by atoms with E-state index < -0.39 is 0 Å². The molecule has 98 valence electrons. The van der Waals surface area contributed by atoms with Gasteiger partial charge in [0, 0.05) is 18.9 Å². The van der Waals surface area contributed by atoms with E-state index in [1.807, 2.05) is 12.1 Å². The minimum Gasteiger partial charge on any atom is -0.351 e. The van der Waals surface area contributed by atoms with E-state index in [2.05, 4.69) is 22.5 Å². The van der Waals surface area contributed by atoms with Gasteiger partial charge in [0.05, 0.1) is 6.04 Å². The van der Waals surface area contributed by atoms with Crippen LogP contribution in [0.2, 0.25) is 0 Å². The van der Waals surface area contributed by atoms with Crippen LogP contribution < -0.4 is 10.6 Å². The molecule has 2 heterocycles. The fourth-order valence-electron chi connectivity index (χ4n) is 2.38. The lowest BCUT2D eigenvalue weighted by Crippen LogP contribution is -2.48. The first-order valence-corrected chi connectivity index (χ1v) is 6.69. The average Bonchev–Trinajstić information content (AvgIpc) is 2.46. The van der Waals surface area contributed by atoms with Crippen molar-refractivity contribution in [2.75, 3.05) is 6.54 Å². The molecule has 2 unspecified atom stereocenters. The lowest BCUT2D eigenvalue weighted by molar-refractivity contribution is -0.124. The minimum atomic E-state index is -0.0274. The molecule has 1 aromatic heterocycles. The van der Waals surface area contributed by atoms with Gasteiger partial charge in [0.2, 0.25) is 5.91 Å². The third-order valence-electron chi connectivity index (χ3n) is 3.60. The first kappa shape index (κ1) is 13.0. The number of nitrogens with one attached hydrogen (secondary N) is 2. The van der Waals surface area contributed by atoms with Crippen LogP contribution in [0.3, 0.4) is 0 Å². The Morgan fingerprint density at radius 3 is 3.22 bits per heavy atom. The van der Waals surface area contributed by atoms with Crippen molar-refractivity contribution in [1.82, 2.24) is 15.6 Å². The summed E-state index contributed by atoms with van der Waals surface area (Å²) in [7, 11) is 0. The Bertz CT molecular complexity index is 380. The Labute approximate surface area is 108 Å². The number of hydrogen-bond acceptors (Lipinski definition) is 3. The van der Waals surface area contributed by atoms with Crippen LogP contribution in [-0.2, 0) is 11.3 Å². The number of rotatable bonds is 4. The molecule has 1 aromatic rings. The van der Waals surface area contributed by atoms with Gasteiger partial charge < -0.3 is 10.6 Å². The summed E-state index contributed by atoms with van der Waals surface area (Å²) in [5.74, 6) is 0.789. The second-order valence-corrected chi connectivity index (χ2v) is 4.88. The van der Waals surface area contributed by atoms with Gasteiger partial charge in [-0.1, -0.05) is 19.4 Å². The fraction of sp³-hybridized carbons (Fsp3) is 0.571. The number of hydrogen-bond donors (Lipinski definition) is 2. The van der Waals surface area contributed by atoms with Crippen LogP contribution >= 0.6 is 0 Å². The lowest BCUT2D eigenvalue weighted by Gasteiger charge is -2.28. The Balaban J connectivity index is 1.81. The van der Waals surface area contributed by atoms with Crippen molar-refractivity contribution in [2.24, 2.45) is 5.92 Å². The van der Waals surface area contributed by atoms with Crippen molar-refractivity contribution in [3.63, 3.8) is 0 Å². The maximum atomic E-state index is 12.0. The summed E-state index contributed by atoms with van der Waals surface area (Å²) >= 11 is 0. The molecule has 0 saturated carbocycles. The summed E-state index contributed by atoms with van der Waals surface area (Å²) < 4.78 is 0. The van der Waals surface area contributed by atoms with E-state index in [0.717, 1.165) is 24.9 Å². The predicted octanol–water partition coefficient (Wildman–Crippen LogP) is 1.48. The van der Waals surface area contributed by atoms with Crippen molar-refractivity contribution in [2.45, 2.75) is 38.8 Å². The molecule has 1 aliphatic heterocycles.